The molecule has 2 saturated carbocycles. The number of methoxy groups -OCH3 is 1. The lowest BCUT2D eigenvalue weighted by molar-refractivity contribution is -0.129. The van der Waals surface area contributed by atoms with E-state index < -0.39 is 0 Å². The average molecular weight is 283 g/mol. The predicted molar refractivity (Wildman–Crippen MR) is 78.2 cm³/mol. The number of hydrogen-bond donors (Lipinski definition) is 1. The van der Waals surface area contributed by atoms with E-state index in [9.17, 15) is 4.79 Å². The molecule has 20 heavy (non-hydrogen) atoms. The standard InChI is InChI=1S/C16H29NO3/c1-16(2,3)15(18)17-13-7-11-5-6-14(20-10-19-4)9-12(11)8-13/h11-14H,5-10H2,1-4H3,(H,17,18)/t11?,12?,13?,14-/m0/s1. The molecule has 1 N–H and O–H groups in total. The van der Waals surface area contributed by atoms with E-state index in [2.05, 4.69) is 5.32 Å². The molecule has 0 spiro atoms. The minimum atomic E-state index is -0.294. The molecule has 3 unspecified atom stereocenters. The summed E-state index contributed by atoms with van der Waals surface area (Å²) in [5.74, 6) is 1.65. The van der Waals surface area contributed by atoms with Crippen molar-refractivity contribution in [3.05, 3.63) is 0 Å². The minimum Gasteiger partial charge on any atom is -0.359 e. The maximum absolute atomic E-state index is 12.1. The minimum absolute atomic E-state index is 0.174. The van der Waals surface area contributed by atoms with Gasteiger partial charge in [-0.05, 0) is 43.9 Å². The molecular weight excluding hydrogens is 254 g/mol. The summed E-state index contributed by atoms with van der Waals surface area (Å²) in [5.41, 5.74) is -0.294. The van der Waals surface area contributed by atoms with Crippen molar-refractivity contribution in [1.29, 1.82) is 0 Å². The Morgan fingerprint density at radius 3 is 2.50 bits per heavy atom. The van der Waals surface area contributed by atoms with Crippen LogP contribution >= 0.6 is 0 Å². The van der Waals surface area contributed by atoms with Crippen LogP contribution < -0.4 is 5.32 Å². The quantitative estimate of drug-likeness (QED) is 0.807. The van der Waals surface area contributed by atoms with Gasteiger partial charge < -0.3 is 14.8 Å². The lowest BCUT2D eigenvalue weighted by Gasteiger charge is -2.31. The molecule has 4 heteroatoms. The number of hydrogen-bond acceptors (Lipinski definition) is 3. The predicted octanol–water partition coefficient (Wildman–Crippen LogP) is 2.72. The van der Waals surface area contributed by atoms with E-state index >= 15 is 0 Å². The van der Waals surface area contributed by atoms with Crippen LogP contribution in [0.5, 0.6) is 0 Å². The largest absolute Gasteiger partial charge is 0.359 e. The maximum atomic E-state index is 12.1. The van der Waals surface area contributed by atoms with Crippen LogP contribution in [0.15, 0.2) is 0 Å². The topological polar surface area (TPSA) is 47.6 Å². The van der Waals surface area contributed by atoms with Crippen molar-refractivity contribution in [1.82, 2.24) is 5.32 Å². The molecule has 2 aliphatic carbocycles. The second-order valence-electron chi connectivity index (χ2n) is 7.42. The van der Waals surface area contributed by atoms with Gasteiger partial charge in [0.1, 0.15) is 6.79 Å². The summed E-state index contributed by atoms with van der Waals surface area (Å²) in [7, 11) is 1.67. The van der Waals surface area contributed by atoms with Crippen molar-refractivity contribution in [2.24, 2.45) is 17.3 Å². The van der Waals surface area contributed by atoms with Crippen molar-refractivity contribution in [2.75, 3.05) is 13.9 Å². The SMILES string of the molecule is COCO[C@H]1CCC2CC(NC(=O)C(C)(C)C)CC2C1. The number of amides is 1. The van der Waals surface area contributed by atoms with Crippen molar-refractivity contribution in [2.45, 2.75) is 65.0 Å². The van der Waals surface area contributed by atoms with Crippen LogP contribution in [0.25, 0.3) is 0 Å². The Morgan fingerprint density at radius 2 is 1.85 bits per heavy atom. The summed E-state index contributed by atoms with van der Waals surface area (Å²) >= 11 is 0. The number of nitrogens with one attached hydrogen (secondary N) is 1. The van der Waals surface area contributed by atoms with Crippen molar-refractivity contribution < 1.29 is 14.3 Å². The van der Waals surface area contributed by atoms with Gasteiger partial charge in [0.15, 0.2) is 0 Å². The Bertz CT molecular complexity index is 337. The summed E-state index contributed by atoms with van der Waals surface area (Å²) in [6, 6.07) is 0.359. The van der Waals surface area contributed by atoms with Gasteiger partial charge in [-0.25, -0.2) is 0 Å². The van der Waals surface area contributed by atoms with E-state index in [0.29, 0.717) is 24.9 Å². The van der Waals surface area contributed by atoms with E-state index in [-0.39, 0.29) is 11.3 Å². The van der Waals surface area contributed by atoms with Gasteiger partial charge >= 0.3 is 0 Å². The van der Waals surface area contributed by atoms with E-state index in [1.807, 2.05) is 20.8 Å². The first-order valence-corrected chi connectivity index (χ1v) is 7.81. The second-order valence-corrected chi connectivity index (χ2v) is 7.42. The third-order valence-corrected chi connectivity index (χ3v) is 4.70. The van der Waals surface area contributed by atoms with Crippen LogP contribution in [-0.4, -0.2) is 32.0 Å². The van der Waals surface area contributed by atoms with E-state index in [1.54, 1.807) is 7.11 Å². The lowest BCUT2D eigenvalue weighted by Crippen LogP contribution is -2.40. The van der Waals surface area contributed by atoms with Crippen LogP contribution in [0.3, 0.4) is 0 Å². The van der Waals surface area contributed by atoms with Crippen LogP contribution in [0.1, 0.15) is 52.9 Å². The third kappa shape index (κ3) is 3.95. The number of rotatable bonds is 4. The van der Waals surface area contributed by atoms with Crippen molar-refractivity contribution in [3.63, 3.8) is 0 Å². The lowest BCUT2D eigenvalue weighted by atomic mass is 9.80. The molecule has 0 bridgehead atoms. The molecule has 0 aromatic carbocycles. The summed E-state index contributed by atoms with van der Waals surface area (Å²) in [4.78, 5) is 12.1. The zero-order chi connectivity index (χ0) is 14.8. The highest BCUT2D eigenvalue weighted by Gasteiger charge is 2.40. The molecule has 0 heterocycles. The third-order valence-electron chi connectivity index (χ3n) is 4.70. The molecule has 4 atom stereocenters. The first kappa shape index (κ1) is 15.8. The molecule has 2 fully saturated rings. The van der Waals surface area contributed by atoms with E-state index in [1.165, 1.54) is 6.42 Å². The molecular formula is C16H29NO3. The second kappa shape index (κ2) is 6.44. The Balaban J connectivity index is 1.81. The maximum Gasteiger partial charge on any atom is 0.225 e. The van der Waals surface area contributed by atoms with Crippen LogP contribution in [0.4, 0.5) is 0 Å². The van der Waals surface area contributed by atoms with Gasteiger partial charge in [-0.1, -0.05) is 20.8 Å². The Hall–Kier alpha value is -0.610. The Morgan fingerprint density at radius 1 is 1.15 bits per heavy atom. The molecule has 0 radical (unpaired) electrons. The fraction of sp³-hybridized carbons (Fsp3) is 0.938. The highest BCUT2D eigenvalue weighted by molar-refractivity contribution is 5.81. The highest BCUT2D eigenvalue weighted by atomic mass is 16.7. The molecule has 0 aromatic heterocycles. The first-order valence-electron chi connectivity index (χ1n) is 7.81. The van der Waals surface area contributed by atoms with E-state index in [4.69, 9.17) is 9.47 Å². The highest BCUT2D eigenvalue weighted by Crippen LogP contribution is 2.43. The molecule has 0 aromatic rings. The fourth-order valence-corrected chi connectivity index (χ4v) is 3.55. The van der Waals surface area contributed by atoms with Crippen LogP contribution in [0, 0.1) is 17.3 Å². The summed E-state index contributed by atoms with van der Waals surface area (Å²) < 4.78 is 10.7. The zero-order valence-corrected chi connectivity index (χ0v) is 13.3. The first-order chi connectivity index (χ1) is 9.40. The van der Waals surface area contributed by atoms with Crippen molar-refractivity contribution in [3.8, 4) is 0 Å². The van der Waals surface area contributed by atoms with Crippen LogP contribution in [-0.2, 0) is 14.3 Å². The molecule has 0 saturated heterocycles. The van der Waals surface area contributed by atoms with Crippen LogP contribution in [0.2, 0.25) is 0 Å². The van der Waals surface area contributed by atoms with Gasteiger partial charge in [-0.15, -0.1) is 0 Å². The number of carbonyl (C=O) groups is 1. The summed E-state index contributed by atoms with van der Waals surface area (Å²) in [6.07, 6.45) is 6.07. The zero-order valence-electron chi connectivity index (χ0n) is 13.3. The Labute approximate surface area is 122 Å². The number of carbonyl (C=O) groups excluding carboxylic acids is 1. The summed E-state index contributed by atoms with van der Waals surface area (Å²) in [6.45, 7) is 6.31. The monoisotopic (exact) mass is 283 g/mol. The molecule has 0 aliphatic heterocycles. The van der Waals surface area contributed by atoms with Gasteiger partial charge in [0, 0.05) is 18.6 Å². The number of ether oxygens (including phenoxy) is 2. The van der Waals surface area contributed by atoms with E-state index in [0.717, 1.165) is 31.6 Å². The fourth-order valence-electron chi connectivity index (χ4n) is 3.55. The van der Waals surface area contributed by atoms with Gasteiger partial charge in [0.25, 0.3) is 0 Å². The molecule has 2 rings (SSSR count). The van der Waals surface area contributed by atoms with Gasteiger partial charge in [-0.2, -0.15) is 0 Å². The van der Waals surface area contributed by atoms with Crippen molar-refractivity contribution >= 4 is 5.91 Å². The smallest absolute Gasteiger partial charge is 0.225 e. The Kier molecular flexibility index (Phi) is 5.08. The molecule has 2 aliphatic rings. The molecule has 116 valence electrons. The summed E-state index contributed by atoms with van der Waals surface area (Å²) in [5, 5.41) is 3.23. The average Bonchev–Trinajstić information content (AvgIpc) is 2.76. The number of fused-ring (bicyclic) bond motifs is 1. The molecule has 4 nitrogen and oxygen atoms in total. The normalized spacial score (nSPS) is 33.8. The van der Waals surface area contributed by atoms with Gasteiger partial charge in [0.2, 0.25) is 5.91 Å². The van der Waals surface area contributed by atoms with Gasteiger partial charge in [-0.3, -0.25) is 4.79 Å². The van der Waals surface area contributed by atoms with Gasteiger partial charge in [0.05, 0.1) is 6.10 Å². The molecule has 1 amide bonds.